The number of carbonyl (C=O) groups excluding carboxylic acids is 2. The van der Waals surface area contributed by atoms with E-state index in [1.165, 1.54) is 10.4 Å². The molecule has 0 bridgehead atoms. The zero-order chi connectivity index (χ0) is 25.0. The summed E-state index contributed by atoms with van der Waals surface area (Å²) < 4.78 is 27.6. The quantitative estimate of drug-likeness (QED) is 0.508. The minimum atomic E-state index is -3.67. The van der Waals surface area contributed by atoms with E-state index in [0.29, 0.717) is 29.9 Å². The smallest absolute Gasteiger partial charge is 0.255 e. The summed E-state index contributed by atoms with van der Waals surface area (Å²) in [5.41, 5.74) is 2.43. The maximum atomic E-state index is 13.1. The molecule has 3 aromatic carbocycles. The Bertz CT molecular complexity index is 1330. The number of carbonyl (C=O) groups is 2. The first-order valence-electron chi connectivity index (χ1n) is 11.6. The number of amides is 2. The molecule has 0 aliphatic carbocycles. The molecule has 0 aromatic heterocycles. The van der Waals surface area contributed by atoms with Crippen molar-refractivity contribution in [3.8, 4) is 0 Å². The highest BCUT2D eigenvalue weighted by molar-refractivity contribution is 7.89. The van der Waals surface area contributed by atoms with Gasteiger partial charge in [-0.05, 0) is 62.1 Å². The minimum Gasteiger partial charge on any atom is -0.345 e. The van der Waals surface area contributed by atoms with Crippen LogP contribution < -0.4 is 10.6 Å². The van der Waals surface area contributed by atoms with Crippen molar-refractivity contribution in [2.45, 2.75) is 37.6 Å². The molecule has 1 aliphatic heterocycles. The van der Waals surface area contributed by atoms with Gasteiger partial charge in [0.25, 0.3) is 11.8 Å². The number of para-hydroxylation sites is 1. The number of nitrogens with zero attached hydrogens (tertiary/aromatic N) is 1. The molecule has 3 aromatic rings. The number of rotatable bonds is 7. The average molecular weight is 492 g/mol. The number of benzene rings is 3. The highest BCUT2D eigenvalue weighted by Gasteiger charge is 2.29. The summed E-state index contributed by atoms with van der Waals surface area (Å²) in [5, 5.41) is 5.74. The summed E-state index contributed by atoms with van der Waals surface area (Å²) in [6, 6.07) is 20.8. The fraction of sp³-hybridized carbons (Fsp3) is 0.259. The highest BCUT2D eigenvalue weighted by atomic mass is 32.2. The van der Waals surface area contributed by atoms with E-state index in [1.807, 2.05) is 37.3 Å². The van der Waals surface area contributed by atoms with Crippen molar-refractivity contribution < 1.29 is 18.0 Å². The fourth-order valence-corrected chi connectivity index (χ4v) is 5.94. The average Bonchev–Trinajstić information content (AvgIpc) is 3.41. The van der Waals surface area contributed by atoms with E-state index in [4.69, 9.17) is 0 Å². The second-order valence-corrected chi connectivity index (χ2v) is 10.6. The Labute approximate surface area is 206 Å². The number of hydrogen-bond acceptors (Lipinski definition) is 4. The van der Waals surface area contributed by atoms with Crippen LogP contribution in [0.15, 0.2) is 77.7 Å². The largest absolute Gasteiger partial charge is 0.345 e. The molecule has 0 unspecified atom stereocenters. The number of sulfonamides is 1. The third kappa shape index (κ3) is 5.44. The van der Waals surface area contributed by atoms with E-state index in [-0.39, 0.29) is 22.4 Å². The van der Waals surface area contributed by atoms with Gasteiger partial charge in [0.15, 0.2) is 0 Å². The van der Waals surface area contributed by atoms with Crippen LogP contribution in [0.2, 0.25) is 0 Å². The summed E-state index contributed by atoms with van der Waals surface area (Å²) in [6.45, 7) is 4.59. The van der Waals surface area contributed by atoms with E-state index < -0.39 is 15.9 Å². The van der Waals surface area contributed by atoms with E-state index >= 15 is 0 Å². The van der Waals surface area contributed by atoms with Crippen LogP contribution in [-0.2, 0) is 10.0 Å². The molecule has 4 rings (SSSR count). The Morgan fingerprint density at radius 3 is 2.26 bits per heavy atom. The molecule has 2 amide bonds. The van der Waals surface area contributed by atoms with Crippen molar-refractivity contribution in [2.24, 2.45) is 0 Å². The number of aryl methyl sites for hydroxylation is 1. The lowest BCUT2D eigenvalue weighted by molar-refractivity contribution is 0.0940. The summed E-state index contributed by atoms with van der Waals surface area (Å²) in [7, 11) is -3.67. The first kappa shape index (κ1) is 24.6. The molecule has 1 saturated heterocycles. The lowest BCUT2D eigenvalue weighted by Crippen LogP contribution is -2.29. The van der Waals surface area contributed by atoms with Gasteiger partial charge in [0, 0.05) is 18.7 Å². The molecule has 35 heavy (non-hydrogen) atoms. The SMILES string of the molecule is Cc1ccc(C(=O)Nc2ccccc2C(=O)N[C@H](C)c2ccccc2)cc1S(=O)(=O)N1CCCC1. The fourth-order valence-electron chi connectivity index (χ4n) is 4.17. The highest BCUT2D eigenvalue weighted by Crippen LogP contribution is 2.25. The molecule has 1 heterocycles. The van der Waals surface area contributed by atoms with Crippen molar-refractivity contribution in [3.05, 3.63) is 95.1 Å². The van der Waals surface area contributed by atoms with Gasteiger partial charge in [-0.2, -0.15) is 4.31 Å². The van der Waals surface area contributed by atoms with Gasteiger partial charge in [-0.15, -0.1) is 0 Å². The molecule has 182 valence electrons. The predicted molar refractivity (Wildman–Crippen MR) is 136 cm³/mol. The van der Waals surface area contributed by atoms with Crippen molar-refractivity contribution in [1.82, 2.24) is 9.62 Å². The maximum absolute atomic E-state index is 13.1. The van der Waals surface area contributed by atoms with Crippen LogP contribution in [0.4, 0.5) is 5.69 Å². The third-order valence-electron chi connectivity index (χ3n) is 6.20. The monoisotopic (exact) mass is 491 g/mol. The molecule has 1 aliphatic rings. The van der Waals surface area contributed by atoms with Gasteiger partial charge in [-0.25, -0.2) is 8.42 Å². The summed E-state index contributed by atoms with van der Waals surface area (Å²) in [4.78, 5) is 26.2. The van der Waals surface area contributed by atoms with Crippen LogP contribution in [0.1, 0.15) is 57.7 Å². The van der Waals surface area contributed by atoms with Crippen molar-refractivity contribution >= 4 is 27.5 Å². The van der Waals surface area contributed by atoms with Crippen molar-refractivity contribution in [2.75, 3.05) is 18.4 Å². The van der Waals surface area contributed by atoms with E-state index in [0.717, 1.165) is 18.4 Å². The Kier molecular flexibility index (Phi) is 7.33. The van der Waals surface area contributed by atoms with Crippen molar-refractivity contribution in [3.63, 3.8) is 0 Å². The summed E-state index contributed by atoms with van der Waals surface area (Å²) in [6.07, 6.45) is 1.67. The Morgan fingerprint density at radius 2 is 1.54 bits per heavy atom. The zero-order valence-electron chi connectivity index (χ0n) is 19.8. The molecule has 2 N–H and O–H groups in total. The number of hydrogen-bond donors (Lipinski definition) is 2. The predicted octanol–water partition coefficient (Wildman–Crippen LogP) is 4.52. The van der Waals surface area contributed by atoms with Gasteiger partial charge in [-0.1, -0.05) is 48.5 Å². The lowest BCUT2D eigenvalue weighted by Gasteiger charge is -2.18. The zero-order valence-corrected chi connectivity index (χ0v) is 20.6. The van der Waals surface area contributed by atoms with E-state index in [1.54, 1.807) is 43.3 Å². The van der Waals surface area contributed by atoms with Crippen LogP contribution in [0.3, 0.4) is 0 Å². The Hall–Kier alpha value is -3.49. The summed E-state index contributed by atoms with van der Waals surface area (Å²) >= 11 is 0. The Morgan fingerprint density at radius 1 is 0.886 bits per heavy atom. The van der Waals surface area contributed by atoms with Crippen LogP contribution in [-0.4, -0.2) is 37.6 Å². The normalized spacial score (nSPS) is 14.9. The molecular weight excluding hydrogens is 462 g/mol. The molecular formula is C27H29N3O4S. The van der Waals surface area contributed by atoms with Gasteiger partial charge in [0.1, 0.15) is 0 Å². The molecule has 7 nitrogen and oxygen atoms in total. The third-order valence-corrected chi connectivity index (χ3v) is 8.24. The van der Waals surface area contributed by atoms with Crippen molar-refractivity contribution in [1.29, 1.82) is 0 Å². The minimum absolute atomic E-state index is 0.134. The second kappa shape index (κ2) is 10.4. The molecule has 8 heteroatoms. The topological polar surface area (TPSA) is 95.6 Å². The van der Waals surface area contributed by atoms with Gasteiger partial charge >= 0.3 is 0 Å². The van der Waals surface area contributed by atoms with E-state index in [9.17, 15) is 18.0 Å². The lowest BCUT2D eigenvalue weighted by atomic mass is 10.1. The standard InChI is InChI=1S/C27H29N3O4S/c1-19-14-15-22(18-25(19)35(33,34)30-16-8-9-17-30)26(31)29-24-13-7-6-12-23(24)27(32)28-20(2)21-10-4-3-5-11-21/h3-7,10-15,18,20H,8-9,16-17H2,1-2H3,(H,28,32)(H,29,31)/t20-/m1/s1. The van der Waals surface area contributed by atoms with E-state index in [2.05, 4.69) is 10.6 Å². The molecule has 0 radical (unpaired) electrons. The van der Waals surface area contributed by atoms with Gasteiger partial charge < -0.3 is 10.6 Å². The van der Waals surface area contributed by atoms with Crippen LogP contribution >= 0.6 is 0 Å². The number of anilines is 1. The molecule has 1 fully saturated rings. The molecule has 0 spiro atoms. The number of nitrogens with one attached hydrogen (secondary N) is 2. The van der Waals surface area contributed by atoms with Gasteiger partial charge in [0.2, 0.25) is 10.0 Å². The molecule has 0 saturated carbocycles. The van der Waals surface area contributed by atoms with Crippen LogP contribution in [0.25, 0.3) is 0 Å². The van der Waals surface area contributed by atoms with Crippen LogP contribution in [0.5, 0.6) is 0 Å². The first-order chi connectivity index (χ1) is 16.8. The first-order valence-corrected chi connectivity index (χ1v) is 13.1. The van der Waals surface area contributed by atoms with Gasteiger partial charge in [0.05, 0.1) is 22.2 Å². The maximum Gasteiger partial charge on any atom is 0.255 e. The Balaban J connectivity index is 1.55. The summed E-state index contributed by atoms with van der Waals surface area (Å²) in [5.74, 6) is -0.808. The second-order valence-electron chi connectivity index (χ2n) is 8.70. The van der Waals surface area contributed by atoms with Gasteiger partial charge in [-0.3, -0.25) is 9.59 Å². The van der Waals surface area contributed by atoms with Crippen LogP contribution in [0, 0.1) is 6.92 Å². The molecule has 1 atom stereocenters.